The average Bonchev–Trinajstić information content (AvgIpc) is 2.42. The second kappa shape index (κ2) is 5.83. The summed E-state index contributed by atoms with van der Waals surface area (Å²) in [6.45, 7) is 6.74. The summed E-state index contributed by atoms with van der Waals surface area (Å²) in [5, 5.41) is 0. The van der Waals surface area contributed by atoms with Crippen molar-refractivity contribution in [2.45, 2.75) is 33.1 Å². The van der Waals surface area contributed by atoms with Gasteiger partial charge in [-0.25, -0.2) is 4.39 Å². The molecule has 0 spiro atoms. The van der Waals surface area contributed by atoms with Crippen molar-refractivity contribution >= 4 is 5.78 Å². The lowest BCUT2D eigenvalue weighted by Gasteiger charge is -2.38. The molecule has 0 amide bonds. The van der Waals surface area contributed by atoms with Crippen molar-refractivity contribution in [3.63, 3.8) is 0 Å². The van der Waals surface area contributed by atoms with Crippen molar-refractivity contribution in [3.8, 4) is 0 Å². The van der Waals surface area contributed by atoms with Gasteiger partial charge in [0.1, 0.15) is 5.82 Å². The van der Waals surface area contributed by atoms with Crippen LogP contribution in [-0.2, 0) is 0 Å². The first-order chi connectivity index (χ1) is 9.04. The van der Waals surface area contributed by atoms with E-state index in [1.54, 1.807) is 18.2 Å². The van der Waals surface area contributed by atoms with E-state index in [1.807, 2.05) is 0 Å². The third kappa shape index (κ3) is 3.41. The molecule has 0 bridgehead atoms. The first kappa shape index (κ1) is 14.2. The summed E-state index contributed by atoms with van der Waals surface area (Å²) in [6.07, 6.45) is 3.42. The van der Waals surface area contributed by atoms with E-state index >= 15 is 0 Å². The summed E-state index contributed by atoms with van der Waals surface area (Å²) < 4.78 is 13.5. The number of carbonyl (C=O) groups excluding carboxylic acids is 1. The summed E-state index contributed by atoms with van der Waals surface area (Å²) in [5.41, 5.74) is 0.628. The normalized spacial score (nSPS) is 19.3. The first-order valence-corrected chi connectivity index (χ1v) is 7.04. The molecule has 1 aromatic carbocycles. The Morgan fingerprint density at radius 1 is 1.32 bits per heavy atom. The standard InChI is InChI=1S/C16H22FNO/c1-3-16(2)8-10-18(11-9-16)12-15(19)13-6-4-5-7-14(13)17/h4-7H,3,8-12H2,1-2H3. The fraction of sp³-hybridized carbons (Fsp3) is 0.562. The molecule has 2 nitrogen and oxygen atoms in total. The second-order valence-electron chi connectivity index (χ2n) is 5.84. The van der Waals surface area contributed by atoms with E-state index in [4.69, 9.17) is 0 Å². The molecule has 0 unspecified atom stereocenters. The maximum Gasteiger partial charge on any atom is 0.179 e. The molecule has 1 saturated heterocycles. The van der Waals surface area contributed by atoms with Crippen LogP contribution < -0.4 is 0 Å². The molecule has 1 fully saturated rings. The average molecular weight is 263 g/mol. The summed E-state index contributed by atoms with van der Waals surface area (Å²) in [6, 6.07) is 6.23. The lowest BCUT2D eigenvalue weighted by atomic mass is 9.78. The van der Waals surface area contributed by atoms with Gasteiger partial charge in [0, 0.05) is 0 Å². The van der Waals surface area contributed by atoms with E-state index in [0.717, 1.165) is 25.9 Å². The summed E-state index contributed by atoms with van der Waals surface area (Å²) in [7, 11) is 0. The summed E-state index contributed by atoms with van der Waals surface area (Å²) in [5.74, 6) is -0.527. The van der Waals surface area contributed by atoms with Gasteiger partial charge in [0.25, 0.3) is 0 Å². The number of halogens is 1. The molecular weight excluding hydrogens is 241 g/mol. The van der Waals surface area contributed by atoms with Gasteiger partial charge >= 0.3 is 0 Å². The van der Waals surface area contributed by atoms with Crippen molar-refractivity contribution in [2.75, 3.05) is 19.6 Å². The third-order valence-electron chi connectivity index (χ3n) is 4.46. The SMILES string of the molecule is CCC1(C)CCN(CC(=O)c2ccccc2F)CC1. The molecule has 1 aliphatic rings. The van der Waals surface area contributed by atoms with E-state index in [9.17, 15) is 9.18 Å². The molecule has 0 radical (unpaired) electrons. The van der Waals surface area contributed by atoms with Gasteiger partial charge < -0.3 is 0 Å². The van der Waals surface area contributed by atoms with Crippen LogP contribution in [0.4, 0.5) is 4.39 Å². The number of piperidine rings is 1. The quantitative estimate of drug-likeness (QED) is 0.775. The minimum Gasteiger partial charge on any atom is -0.296 e. The molecule has 1 aromatic rings. The third-order valence-corrected chi connectivity index (χ3v) is 4.46. The number of nitrogens with zero attached hydrogens (tertiary/aromatic N) is 1. The molecular formula is C16H22FNO. The number of likely N-dealkylation sites (tertiary alicyclic amines) is 1. The van der Waals surface area contributed by atoms with Crippen LogP contribution in [0.1, 0.15) is 43.5 Å². The molecule has 1 heterocycles. The number of hydrogen-bond donors (Lipinski definition) is 0. The highest BCUT2D eigenvalue weighted by Crippen LogP contribution is 2.33. The van der Waals surface area contributed by atoms with Gasteiger partial charge in [-0.2, -0.15) is 0 Å². The Bertz CT molecular complexity index is 450. The molecule has 0 N–H and O–H groups in total. The number of benzene rings is 1. The number of carbonyl (C=O) groups is 1. The predicted molar refractivity (Wildman–Crippen MR) is 74.8 cm³/mol. The minimum absolute atomic E-state index is 0.113. The van der Waals surface area contributed by atoms with Crippen molar-refractivity contribution in [1.82, 2.24) is 4.90 Å². The van der Waals surface area contributed by atoms with Gasteiger partial charge in [-0.05, 0) is 43.5 Å². The monoisotopic (exact) mass is 263 g/mol. The van der Waals surface area contributed by atoms with Crippen molar-refractivity contribution in [2.24, 2.45) is 5.41 Å². The Kier molecular flexibility index (Phi) is 4.35. The topological polar surface area (TPSA) is 20.3 Å². The van der Waals surface area contributed by atoms with Gasteiger partial charge in [0.15, 0.2) is 5.78 Å². The number of rotatable bonds is 4. The molecule has 3 heteroatoms. The van der Waals surface area contributed by atoms with Crippen LogP contribution in [0.15, 0.2) is 24.3 Å². The Labute approximate surface area is 114 Å². The van der Waals surface area contributed by atoms with Gasteiger partial charge in [-0.3, -0.25) is 9.69 Å². The Morgan fingerprint density at radius 2 is 1.95 bits per heavy atom. The minimum atomic E-state index is -0.414. The van der Waals surface area contributed by atoms with Gasteiger partial charge in [0.2, 0.25) is 0 Å². The van der Waals surface area contributed by atoms with Crippen LogP contribution in [0.3, 0.4) is 0 Å². The highest BCUT2D eigenvalue weighted by atomic mass is 19.1. The predicted octanol–water partition coefficient (Wildman–Crippen LogP) is 3.52. The van der Waals surface area contributed by atoms with Crippen LogP contribution in [0.2, 0.25) is 0 Å². The van der Waals surface area contributed by atoms with Crippen LogP contribution in [-0.4, -0.2) is 30.3 Å². The molecule has 2 rings (SSSR count). The zero-order chi connectivity index (χ0) is 13.9. The zero-order valence-electron chi connectivity index (χ0n) is 11.8. The van der Waals surface area contributed by atoms with E-state index < -0.39 is 5.82 Å². The largest absolute Gasteiger partial charge is 0.296 e. The summed E-state index contributed by atoms with van der Waals surface area (Å²) in [4.78, 5) is 14.2. The highest BCUT2D eigenvalue weighted by Gasteiger charge is 2.29. The van der Waals surface area contributed by atoms with Crippen molar-refractivity contribution < 1.29 is 9.18 Å². The Morgan fingerprint density at radius 3 is 2.53 bits per heavy atom. The lowest BCUT2D eigenvalue weighted by molar-refractivity contribution is 0.0809. The molecule has 0 saturated carbocycles. The smallest absolute Gasteiger partial charge is 0.179 e. The van der Waals surface area contributed by atoms with Gasteiger partial charge in [-0.15, -0.1) is 0 Å². The Hall–Kier alpha value is -1.22. The van der Waals surface area contributed by atoms with E-state index in [2.05, 4.69) is 18.7 Å². The van der Waals surface area contributed by atoms with Crippen LogP contribution in [0.5, 0.6) is 0 Å². The maximum atomic E-state index is 13.5. The first-order valence-electron chi connectivity index (χ1n) is 7.04. The van der Waals surface area contributed by atoms with Crippen LogP contribution in [0.25, 0.3) is 0 Å². The fourth-order valence-electron chi connectivity index (χ4n) is 2.58. The van der Waals surface area contributed by atoms with Crippen LogP contribution in [0, 0.1) is 11.2 Å². The molecule has 0 atom stereocenters. The molecule has 19 heavy (non-hydrogen) atoms. The number of hydrogen-bond acceptors (Lipinski definition) is 2. The number of ketones is 1. The van der Waals surface area contributed by atoms with E-state index in [1.165, 1.54) is 12.5 Å². The molecule has 1 aliphatic heterocycles. The second-order valence-corrected chi connectivity index (χ2v) is 5.84. The Balaban J connectivity index is 1.93. The van der Waals surface area contributed by atoms with E-state index in [-0.39, 0.29) is 11.3 Å². The summed E-state index contributed by atoms with van der Waals surface area (Å²) >= 11 is 0. The fourth-order valence-corrected chi connectivity index (χ4v) is 2.58. The molecule has 104 valence electrons. The maximum absolute atomic E-state index is 13.5. The molecule has 0 aliphatic carbocycles. The van der Waals surface area contributed by atoms with Crippen LogP contribution >= 0.6 is 0 Å². The van der Waals surface area contributed by atoms with Gasteiger partial charge in [0.05, 0.1) is 12.1 Å². The lowest BCUT2D eigenvalue weighted by Crippen LogP contribution is -2.41. The van der Waals surface area contributed by atoms with Crippen molar-refractivity contribution in [3.05, 3.63) is 35.6 Å². The van der Waals surface area contributed by atoms with Gasteiger partial charge in [-0.1, -0.05) is 32.4 Å². The van der Waals surface area contributed by atoms with Crippen molar-refractivity contribution in [1.29, 1.82) is 0 Å². The number of Topliss-reactive ketones (excluding diaryl/α,β-unsaturated/α-hetero) is 1. The van der Waals surface area contributed by atoms with E-state index in [0.29, 0.717) is 12.0 Å². The zero-order valence-corrected chi connectivity index (χ0v) is 11.8. The molecule has 0 aromatic heterocycles. The highest BCUT2D eigenvalue weighted by molar-refractivity contribution is 5.97.